The standard InChI is InChI=1S/C19H21N5O/c1-3-25-17-9-7-16(8-10-17)22-19-23-18(13-21-24-19)20-12-15-6-4-5-14(2)11-15/h4-11,13H,3,12H2,1-2H3,(H2,20,22,23,24). The predicted molar refractivity (Wildman–Crippen MR) is 99.2 cm³/mol. The molecule has 2 N–H and O–H groups in total. The lowest BCUT2D eigenvalue weighted by atomic mass is 10.1. The van der Waals surface area contributed by atoms with E-state index >= 15 is 0 Å². The van der Waals surface area contributed by atoms with Gasteiger partial charge in [-0.1, -0.05) is 29.8 Å². The van der Waals surface area contributed by atoms with Gasteiger partial charge < -0.3 is 15.4 Å². The Bertz CT molecular complexity index is 820. The molecule has 1 aromatic heterocycles. The third kappa shape index (κ3) is 4.91. The maximum Gasteiger partial charge on any atom is 0.249 e. The minimum absolute atomic E-state index is 0.443. The van der Waals surface area contributed by atoms with Crippen LogP contribution in [0.25, 0.3) is 0 Å². The van der Waals surface area contributed by atoms with Crippen LogP contribution in [0.15, 0.2) is 54.7 Å². The average Bonchev–Trinajstić information content (AvgIpc) is 2.62. The van der Waals surface area contributed by atoms with Gasteiger partial charge in [-0.05, 0) is 43.7 Å². The first kappa shape index (κ1) is 16.7. The molecule has 2 aromatic carbocycles. The molecule has 0 radical (unpaired) electrons. The van der Waals surface area contributed by atoms with Gasteiger partial charge in [-0.25, -0.2) is 0 Å². The highest BCUT2D eigenvalue weighted by Crippen LogP contribution is 2.18. The number of anilines is 3. The zero-order valence-electron chi connectivity index (χ0n) is 14.4. The van der Waals surface area contributed by atoms with Crippen molar-refractivity contribution < 1.29 is 4.74 Å². The number of hydrogen-bond acceptors (Lipinski definition) is 6. The van der Waals surface area contributed by atoms with Gasteiger partial charge >= 0.3 is 0 Å². The maximum absolute atomic E-state index is 5.43. The number of ether oxygens (including phenoxy) is 1. The van der Waals surface area contributed by atoms with Crippen LogP contribution in [0.5, 0.6) is 5.75 Å². The highest BCUT2D eigenvalue weighted by atomic mass is 16.5. The topological polar surface area (TPSA) is 72.0 Å². The SMILES string of the molecule is CCOc1ccc(Nc2nncc(NCc3cccc(C)c3)n2)cc1. The van der Waals surface area contributed by atoms with E-state index in [2.05, 4.69) is 50.9 Å². The number of rotatable bonds is 7. The summed E-state index contributed by atoms with van der Waals surface area (Å²) in [6, 6.07) is 16.0. The number of nitrogens with one attached hydrogen (secondary N) is 2. The van der Waals surface area contributed by atoms with E-state index in [1.807, 2.05) is 37.3 Å². The molecule has 128 valence electrons. The van der Waals surface area contributed by atoms with Crippen molar-refractivity contribution in [2.75, 3.05) is 17.2 Å². The van der Waals surface area contributed by atoms with E-state index < -0.39 is 0 Å². The first-order chi connectivity index (χ1) is 12.2. The Morgan fingerprint density at radius 2 is 1.92 bits per heavy atom. The molecule has 0 aliphatic heterocycles. The summed E-state index contributed by atoms with van der Waals surface area (Å²) < 4.78 is 5.43. The van der Waals surface area contributed by atoms with Crippen LogP contribution in [0.2, 0.25) is 0 Å². The maximum atomic E-state index is 5.43. The Labute approximate surface area is 147 Å². The van der Waals surface area contributed by atoms with Crippen LogP contribution in [0.4, 0.5) is 17.5 Å². The van der Waals surface area contributed by atoms with Crippen LogP contribution in [0.1, 0.15) is 18.1 Å². The second-order valence-corrected chi connectivity index (χ2v) is 5.59. The molecule has 0 spiro atoms. The Kier molecular flexibility index (Phi) is 5.41. The second kappa shape index (κ2) is 8.10. The van der Waals surface area contributed by atoms with Gasteiger partial charge in [-0.2, -0.15) is 10.1 Å². The van der Waals surface area contributed by atoms with Gasteiger partial charge in [0.1, 0.15) is 5.75 Å². The lowest BCUT2D eigenvalue weighted by Crippen LogP contribution is -2.05. The van der Waals surface area contributed by atoms with Crippen LogP contribution in [-0.2, 0) is 6.54 Å². The fourth-order valence-corrected chi connectivity index (χ4v) is 2.39. The summed E-state index contributed by atoms with van der Waals surface area (Å²) in [4.78, 5) is 4.44. The minimum atomic E-state index is 0.443. The van der Waals surface area contributed by atoms with Gasteiger partial charge in [0.15, 0.2) is 5.82 Å². The van der Waals surface area contributed by atoms with E-state index in [9.17, 15) is 0 Å². The Morgan fingerprint density at radius 1 is 1.08 bits per heavy atom. The predicted octanol–water partition coefficient (Wildman–Crippen LogP) is 3.93. The highest BCUT2D eigenvalue weighted by Gasteiger charge is 2.02. The van der Waals surface area contributed by atoms with Crippen molar-refractivity contribution in [1.29, 1.82) is 0 Å². The summed E-state index contributed by atoms with van der Waals surface area (Å²) in [5, 5.41) is 14.4. The van der Waals surface area contributed by atoms with Crippen molar-refractivity contribution >= 4 is 17.5 Å². The van der Waals surface area contributed by atoms with Crippen molar-refractivity contribution in [2.45, 2.75) is 20.4 Å². The van der Waals surface area contributed by atoms with E-state index in [1.54, 1.807) is 6.20 Å². The average molecular weight is 335 g/mol. The molecule has 0 saturated carbocycles. The van der Waals surface area contributed by atoms with Crippen molar-refractivity contribution in [3.63, 3.8) is 0 Å². The number of aryl methyl sites for hydroxylation is 1. The van der Waals surface area contributed by atoms with Gasteiger partial charge in [0, 0.05) is 12.2 Å². The third-order valence-electron chi connectivity index (χ3n) is 3.54. The Morgan fingerprint density at radius 3 is 2.68 bits per heavy atom. The summed E-state index contributed by atoms with van der Waals surface area (Å²) in [6.07, 6.45) is 1.61. The van der Waals surface area contributed by atoms with E-state index in [0.29, 0.717) is 24.9 Å². The van der Waals surface area contributed by atoms with Crippen molar-refractivity contribution in [2.24, 2.45) is 0 Å². The first-order valence-electron chi connectivity index (χ1n) is 8.22. The molecular weight excluding hydrogens is 314 g/mol. The smallest absolute Gasteiger partial charge is 0.249 e. The second-order valence-electron chi connectivity index (χ2n) is 5.59. The summed E-state index contributed by atoms with van der Waals surface area (Å²) in [6.45, 7) is 5.37. The molecule has 0 fully saturated rings. The van der Waals surface area contributed by atoms with Gasteiger partial charge in [0.2, 0.25) is 5.95 Å². The molecule has 6 heteroatoms. The van der Waals surface area contributed by atoms with Crippen LogP contribution in [-0.4, -0.2) is 21.8 Å². The lowest BCUT2D eigenvalue weighted by Gasteiger charge is -2.09. The lowest BCUT2D eigenvalue weighted by molar-refractivity contribution is 0.340. The highest BCUT2D eigenvalue weighted by molar-refractivity contribution is 5.55. The zero-order chi connectivity index (χ0) is 17.5. The van der Waals surface area contributed by atoms with Crippen molar-refractivity contribution in [3.8, 4) is 5.75 Å². The van der Waals surface area contributed by atoms with Crippen LogP contribution in [0.3, 0.4) is 0 Å². The molecule has 0 bridgehead atoms. The van der Waals surface area contributed by atoms with E-state index in [-0.39, 0.29) is 0 Å². The quantitative estimate of drug-likeness (QED) is 0.681. The molecule has 0 atom stereocenters. The normalized spacial score (nSPS) is 10.3. The monoisotopic (exact) mass is 335 g/mol. The molecule has 0 aliphatic rings. The van der Waals surface area contributed by atoms with E-state index in [0.717, 1.165) is 11.4 Å². The number of hydrogen-bond donors (Lipinski definition) is 2. The molecular formula is C19H21N5O. The Hall–Kier alpha value is -3.15. The fourth-order valence-electron chi connectivity index (χ4n) is 2.39. The van der Waals surface area contributed by atoms with E-state index in [1.165, 1.54) is 11.1 Å². The van der Waals surface area contributed by atoms with Crippen LogP contribution >= 0.6 is 0 Å². The number of benzene rings is 2. The van der Waals surface area contributed by atoms with Crippen LogP contribution < -0.4 is 15.4 Å². The molecule has 25 heavy (non-hydrogen) atoms. The molecule has 6 nitrogen and oxygen atoms in total. The Balaban J connectivity index is 1.62. The van der Waals surface area contributed by atoms with Gasteiger partial charge in [0.05, 0.1) is 12.8 Å². The van der Waals surface area contributed by atoms with Crippen molar-refractivity contribution in [3.05, 3.63) is 65.9 Å². The molecule has 0 aliphatic carbocycles. The molecule has 0 amide bonds. The fraction of sp³-hybridized carbons (Fsp3) is 0.211. The minimum Gasteiger partial charge on any atom is -0.494 e. The summed E-state index contributed by atoms with van der Waals surface area (Å²) >= 11 is 0. The molecule has 0 unspecified atom stereocenters. The van der Waals surface area contributed by atoms with E-state index in [4.69, 9.17) is 4.74 Å². The zero-order valence-corrected chi connectivity index (χ0v) is 14.4. The molecule has 3 aromatic rings. The summed E-state index contributed by atoms with van der Waals surface area (Å²) in [5.74, 6) is 1.95. The van der Waals surface area contributed by atoms with Gasteiger partial charge in [-0.3, -0.25) is 0 Å². The molecule has 0 saturated heterocycles. The van der Waals surface area contributed by atoms with Crippen molar-refractivity contribution in [1.82, 2.24) is 15.2 Å². The summed E-state index contributed by atoms with van der Waals surface area (Å²) in [7, 11) is 0. The largest absolute Gasteiger partial charge is 0.494 e. The molecule has 3 rings (SSSR count). The molecule has 1 heterocycles. The van der Waals surface area contributed by atoms with Gasteiger partial charge in [-0.15, -0.1) is 5.10 Å². The number of aromatic nitrogens is 3. The number of nitrogens with zero attached hydrogens (tertiary/aromatic N) is 3. The summed E-state index contributed by atoms with van der Waals surface area (Å²) in [5.41, 5.74) is 3.30. The van der Waals surface area contributed by atoms with Crippen LogP contribution in [0, 0.1) is 6.92 Å². The third-order valence-corrected chi connectivity index (χ3v) is 3.54. The van der Waals surface area contributed by atoms with Gasteiger partial charge in [0.25, 0.3) is 0 Å². The first-order valence-corrected chi connectivity index (χ1v) is 8.22.